The Balaban J connectivity index is 1.20. The van der Waals surface area contributed by atoms with Crippen LogP contribution in [0.3, 0.4) is 0 Å². The Morgan fingerprint density at radius 1 is 1.02 bits per heavy atom. The van der Waals surface area contributed by atoms with E-state index in [0.717, 1.165) is 36.8 Å². The van der Waals surface area contributed by atoms with Crippen molar-refractivity contribution in [1.29, 1.82) is 0 Å². The lowest BCUT2D eigenvalue weighted by atomic mass is 9.95. The lowest BCUT2D eigenvalue weighted by Gasteiger charge is -2.20. The highest BCUT2D eigenvalue weighted by atomic mass is 16.5. The summed E-state index contributed by atoms with van der Waals surface area (Å²) < 4.78 is 11.6. The predicted molar refractivity (Wildman–Crippen MR) is 181 cm³/mol. The molecule has 3 aliphatic heterocycles. The summed E-state index contributed by atoms with van der Waals surface area (Å²) in [5.74, 6) is -0.0778. The number of nitrogens with zero attached hydrogens (tertiary/aromatic N) is 6. The summed E-state index contributed by atoms with van der Waals surface area (Å²) in [7, 11) is 1.54. The molecule has 2 aromatic carbocycles. The van der Waals surface area contributed by atoms with E-state index in [1.807, 2.05) is 6.92 Å². The van der Waals surface area contributed by atoms with Crippen LogP contribution in [0.5, 0.6) is 11.5 Å². The van der Waals surface area contributed by atoms with Gasteiger partial charge in [0.2, 0.25) is 5.91 Å². The first-order valence-electron chi connectivity index (χ1n) is 15.8. The quantitative estimate of drug-likeness (QED) is 0.0991. The molecule has 1 N–H and O–H groups in total. The number of hydrogen-bond acceptors (Lipinski definition) is 7. The van der Waals surface area contributed by atoms with Crippen molar-refractivity contribution in [1.82, 2.24) is 10.2 Å². The number of unbranched alkanes of at least 4 members (excludes halogenated alkanes) is 3. The number of carbonyl (C=O) groups excluding carboxylic acids is 3. The van der Waals surface area contributed by atoms with Gasteiger partial charge in [-0.05, 0) is 72.4 Å². The highest BCUT2D eigenvalue weighted by Gasteiger charge is 2.34. The van der Waals surface area contributed by atoms with E-state index < -0.39 is 5.91 Å². The van der Waals surface area contributed by atoms with Gasteiger partial charge >= 0.3 is 0 Å². The zero-order valence-electron chi connectivity index (χ0n) is 26.8. The number of aryl methyl sites for hydroxylation is 1. The number of nitrogens with one attached hydrogen (secondary N) is 1. The number of azide groups is 1. The molecule has 244 valence electrons. The third-order valence-electron chi connectivity index (χ3n) is 8.46. The number of amides is 3. The molecule has 3 aliphatic rings. The van der Waals surface area contributed by atoms with Crippen molar-refractivity contribution in [2.45, 2.75) is 57.9 Å². The summed E-state index contributed by atoms with van der Waals surface area (Å²) in [6.45, 7) is 11.3. The molecule has 1 fully saturated rings. The van der Waals surface area contributed by atoms with Crippen molar-refractivity contribution in [3.8, 4) is 11.5 Å². The molecule has 1 saturated heterocycles. The van der Waals surface area contributed by atoms with Gasteiger partial charge in [0.05, 0.1) is 42.3 Å². The second-order valence-electron chi connectivity index (χ2n) is 12.2. The van der Waals surface area contributed by atoms with E-state index in [9.17, 15) is 14.4 Å². The Hall–Kier alpha value is -5.22. The average molecular weight is 638 g/mol. The second kappa shape index (κ2) is 14.9. The fourth-order valence-electron chi connectivity index (χ4n) is 6.07. The molecule has 0 radical (unpaired) electrons. The summed E-state index contributed by atoms with van der Waals surface area (Å²) in [6, 6.07) is 6.58. The molecule has 12 nitrogen and oxygen atoms in total. The molecule has 0 aromatic heterocycles. The Morgan fingerprint density at radius 3 is 2.57 bits per heavy atom. The number of methoxy groups -OCH3 is 1. The van der Waals surface area contributed by atoms with Crippen molar-refractivity contribution in [3.05, 3.63) is 81.3 Å². The molecular formula is C35H39N7O5. The zero-order valence-corrected chi connectivity index (χ0v) is 26.8. The van der Waals surface area contributed by atoms with Crippen molar-refractivity contribution in [3.63, 3.8) is 0 Å². The molecule has 0 aliphatic carbocycles. The van der Waals surface area contributed by atoms with Gasteiger partial charge in [0.25, 0.3) is 11.8 Å². The van der Waals surface area contributed by atoms with Gasteiger partial charge in [-0.15, -0.1) is 0 Å². The molecule has 2 aromatic rings. The van der Waals surface area contributed by atoms with Crippen LogP contribution in [-0.4, -0.2) is 67.9 Å². The van der Waals surface area contributed by atoms with Crippen LogP contribution in [0.15, 0.2) is 63.7 Å². The van der Waals surface area contributed by atoms with E-state index in [4.69, 9.17) is 15.0 Å². The Morgan fingerprint density at radius 2 is 1.79 bits per heavy atom. The number of ether oxygens (including phenoxy) is 2. The Labute approximate surface area is 273 Å². The Bertz CT molecular complexity index is 1720. The van der Waals surface area contributed by atoms with E-state index in [1.54, 1.807) is 42.6 Å². The highest BCUT2D eigenvalue weighted by molar-refractivity contribution is 6.05. The van der Waals surface area contributed by atoms with Gasteiger partial charge in [-0.25, -0.2) is 0 Å². The van der Waals surface area contributed by atoms with Crippen LogP contribution in [-0.2, 0) is 6.42 Å². The van der Waals surface area contributed by atoms with Crippen LogP contribution < -0.4 is 14.8 Å². The normalized spacial score (nSPS) is 19.5. The van der Waals surface area contributed by atoms with Gasteiger partial charge < -0.3 is 19.7 Å². The largest absolute Gasteiger partial charge is 0.493 e. The standard InChI is InChI=1S/C35H39N7O5/c1-21-11-22(2)18-39-33(43)27-14-26(34(44)40-41-36)24(13-29(27)37-17-21)9-7-5-6-8-10-47-32-16-30-28(15-31(32)46-4)35(45)42-20-23(3)12-25(42)19-38-30/h13-17,19,21,25H,2-3,5-12,18,20H2,1,4H3,(H,39,43)/b37-17-. The average Bonchev–Trinajstić information content (AvgIpc) is 3.38. The lowest BCUT2D eigenvalue weighted by molar-refractivity contribution is 0.0777. The third-order valence-corrected chi connectivity index (χ3v) is 8.46. The van der Waals surface area contributed by atoms with Crippen LogP contribution in [0.25, 0.3) is 10.4 Å². The first-order chi connectivity index (χ1) is 22.7. The van der Waals surface area contributed by atoms with Crippen molar-refractivity contribution >= 4 is 41.5 Å². The molecule has 12 heteroatoms. The smallest absolute Gasteiger partial charge is 0.257 e. The first-order valence-corrected chi connectivity index (χ1v) is 15.8. The predicted octanol–water partition coefficient (Wildman–Crippen LogP) is 6.84. The van der Waals surface area contributed by atoms with Gasteiger partial charge in [-0.3, -0.25) is 24.4 Å². The zero-order chi connectivity index (χ0) is 33.5. The summed E-state index contributed by atoms with van der Waals surface area (Å²) in [6.07, 6.45) is 8.78. The summed E-state index contributed by atoms with van der Waals surface area (Å²) in [5.41, 5.74) is 13.4. The minimum absolute atomic E-state index is 0.0904. The molecule has 5 rings (SSSR count). The number of hydrogen-bond donors (Lipinski definition) is 1. The number of rotatable bonds is 10. The van der Waals surface area contributed by atoms with Crippen LogP contribution in [0.2, 0.25) is 0 Å². The SMILES string of the molecule is C=C1CNC(=O)c2cc(C(=O)N=[N+]=[N-])c(CCCCCCOc3cc4c(cc3OC)C(=O)N3CC(=C)CC3C=N4)cc2/N=C\C(C)C1. The molecule has 3 heterocycles. The summed E-state index contributed by atoms with van der Waals surface area (Å²) >= 11 is 0. The summed E-state index contributed by atoms with van der Waals surface area (Å²) in [4.78, 5) is 52.5. The van der Waals surface area contributed by atoms with Crippen LogP contribution in [0.4, 0.5) is 11.4 Å². The maximum Gasteiger partial charge on any atom is 0.257 e. The van der Waals surface area contributed by atoms with E-state index in [0.29, 0.717) is 73.0 Å². The molecule has 0 spiro atoms. The van der Waals surface area contributed by atoms with E-state index >= 15 is 0 Å². The lowest BCUT2D eigenvalue weighted by Crippen LogP contribution is -2.35. The van der Waals surface area contributed by atoms with Crippen molar-refractivity contribution < 1.29 is 23.9 Å². The van der Waals surface area contributed by atoms with Crippen molar-refractivity contribution in [2.75, 3.05) is 26.8 Å². The molecular weight excluding hydrogens is 598 g/mol. The van der Waals surface area contributed by atoms with E-state index in [1.165, 1.54) is 6.07 Å². The molecule has 2 atom stereocenters. The van der Waals surface area contributed by atoms with Crippen LogP contribution in [0, 0.1) is 5.92 Å². The fraction of sp³-hybridized carbons (Fsp3) is 0.400. The summed E-state index contributed by atoms with van der Waals surface area (Å²) in [5, 5.41) is 6.14. The minimum atomic E-state index is -0.739. The van der Waals surface area contributed by atoms with Gasteiger partial charge in [-0.2, -0.15) is 0 Å². The van der Waals surface area contributed by atoms with Gasteiger partial charge in [-0.1, -0.05) is 44.1 Å². The molecule has 47 heavy (non-hydrogen) atoms. The molecule has 0 bridgehead atoms. The van der Waals surface area contributed by atoms with Crippen LogP contribution >= 0.6 is 0 Å². The highest BCUT2D eigenvalue weighted by Crippen LogP contribution is 2.38. The maximum atomic E-state index is 13.2. The van der Waals surface area contributed by atoms with Crippen LogP contribution in [0.1, 0.15) is 82.1 Å². The van der Waals surface area contributed by atoms with E-state index in [2.05, 4.69) is 38.5 Å². The third kappa shape index (κ3) is 7.78. The van der Waals surface area contributed by atoms with Gasteiger partial charge in [0.1, 0.15) is 0 Å². The molecule has 3 amide bonds. The monoisotopic (exact) mass is 637 g/mol. The van der Waals surface area contributed by atoms with Crippen molar-refractivity contribution in [2.24, 2.45) is 21.0 Å². The Kier molecular flexibility index (Phi) is 10.5. The van der Waals surface area contributed by atoms with E-state index in [-0.39, 0.29) is 34.9 Å². The van der Waals surface area contributed by atoms with Gasteiger partial charge in [0.15, 0.2) is 11.5 Å². The molecule has 0 saturated carbocycles. The minimum Gasteiger partial charge on any atom is -0.493 e. The number of benzene rings is 2. The topological polar surface area (TPSA) is 158 Å². The second-order valence-corrected chi connectivity index (χ2v) is 12.2. The maximum absolute atomic E-state index is 13.2. The number of fused-ring (bicyclic) bond motifs is 3. The number of carbonyl (C=O) groups is 3. The fourth-order valence-corrected chi connectivity index (χ4v) is 6.07. The van der Waals surface area contributed by atoms with Gasteiger partial charge in [0, 0.05) is 42.1 Å². The number of aliphatic imine (C=N–C) groups is 2. The first kappa shape index (κ1) is 33.2. The molecule has 2 unspecified atom stereocenters.